The molecule has 0 N–H and O–H groups in total. The maximum Gasteiger partial charge on any atom is 0.313 e. The second-order valence-corrected chi connectivity index (χ2v) is 3.93. The van der Waals surface area contributed by atoms with Gasteiger partial charge in [0.25, 0.3) is 0 Å². The van der Waals surface area contributed by atoms with Gasteiger partial charge in [0.2, 0.25) is 0 Å². The van der Waals surface area contributed by atoms with Gasteiger partial charge in [-0.3, -0.25) is 9.59 Å². The van der Waals surface area contributed by atoms with Crippen LogP contribution in [0, 0.1) is 3.57 Å². The highest BCUT2D eigenvalue weighted by molar-refractivity contribution is 14.1. The topological polar surface area (TPSA) is 43.4 Å². The number of methoxy groups -OCH3 is 1. The zero-order chi connectivity index (χ0) is 10.6. The van der Waals surface area contributed by atoms with Crippen LogP contribution in [0.4, 0.5) is 0 Å². The van der Waals surface area contributed by atoms with E-state index in [0.29, 0.717) is 5.56 Å². The van der Waals surface area contributed by atoms with Crippen LogP contribution in [-0.4, -0.2) is 18.9 Å². The lowest BCUT2D eigenvalue weighted by Crippen LogP contribution is -2.09. The molecule has 4 heteroatoms. The van der Waals surface area contributed by atoms with Gasteiger partial charge in [-0.2, -0.15) is 0 Å². The van der Waals surface area contributed by atoms with Gasteiger partial charge in [-0.1, -0.05) is 12.1 Å². The fraction of sp³-hybridized carbons (Fsp3) is 0.200. The van der Waals surface area contributed by atoms with Gasteiger partial charge in [-0.05, 0) is 34.7 Å². The summed E-state index contributed by atoms with van der Waals surface area (Å²) in [5.41, 5.74) is 0.538. The Morgan fingerprint density at radius 3 is 2.36 bits per heavy atom. The minimum atomic E-state index is -0.506. The van der Waals surface area contributed by atoms with Crippen LogP contribution in [-0.2, 0) is 9.53 Å². The van der Waals surface area contributed by atoms with Gasteiger partial charge < -0.3 is 4.74 Å². The summed E-state index contributed by atoms with van der Waals surface area (Å²) >= 11 is 2.15. The molecule has 0 heterocycles. The van der Waals surface area contributed by atoms with E-state index >= 15 is 0 Å². The van der Waals surface area contributed by atoms with Crippen LogP contribution < -0.4 is 0 Å². The summed E-state index contributed by atoms with van der Waals surface area (Å²) in [5, 5.41) is 0. The van der Waals surface area contributed by atoms with Crippen molar-refractivity contribution in [3.63, 3.8) is 0 Å². The molecule has 3 nitrogen and oxygen atoms in total. The SMILES string of the molecule is COC(=O)CC(=O)c1ccc(I)cc1. The lowest BCUT2D eigenvalue weighted by molar-refractivity contribution is -0.139. The van der Waals surface area contributed by atoms with Crippen molar-refractivity contribution in [3.05, 3.63) is 33.4 Å². The molecule has 0 spiro atoms. The maximum atomic E-state index is 11.4. The number of ketones is 1. The number of benzene rings is 1. The van der Waals surface area contributed by atoms with E-state index in [1.165, 1.54) is 7.11 Å². The largest absolute Gasteiger partial charge is 0.469 e. The molecule has 1 aromatic rings. The Labute approximate surface area is 95.6 Å². The van der Waals surface area contributed by atoms with E-state index in [1.807, 2.05) is 12.1 Å². The van der Waals surface area contributed by atoms with Crippen molar-refractivity contribution in [2.45, 2.75) is 6.42 Å². The van der Waals surface area contributed by atoms with Crippen LogP contribution in [0.2, 0.25) is 0 Å². The van der Waals surface area contributed by atoms with Crippen LogP contribution in [0.5, 0.6) is 0 Å². The standard InChI is InChI=1S/C10H9IO3/c1-14-10(13)6-9(12)7-2-4-8(11)5-3-7/h2-5H,6H2,1H3. The van der Waals surface area contributed by atoms with Crippen molar-refractivity contribution in [1.29, 1.82) is 0 Å². The number of hydrogen-bond donors (Lipinski definition) is 0. The van der Waals surface area contributed by atoms with E-state index in [1.54, 1.807) is 12.1 Å². The third-order valence-corrected chi connectivity index (χ3v) is 2.42. The van der Waals surface area contributed by atoms with E-state index in [9.17, 15) is 9.59 Å². The van der Waals surface area contributed by atoms with Crippen LogP contribution >= 0.6 is 22.6 Å². The molecular formula is C10H9IO3. The molecule has 0 atom stereocenters. The number of rotatable bonds is 3. The predicted molar refractivity (Wildman–Crippen MR) is 60.1 cm³/mol. The van der Waals surface area contributed by atoms with Gasteiger partial charge in [-0.15, -0.1) is 0 Å². The molecule has 74 valence electrons. The fourth-order valence-corrected chi connectivity index (χ4v) is 1.30. The van der Waals surface area contributed by atoms with Gasteiger partial charge in [0.05, 0.1) is 7.11 Å². The number of halogens is 1. The van der Waals surface area contributed by atoms with E-state index < -0.39 is 5.97 Å². The minimum absolute atomic E-state index is 0.197. The highest BCUT2D eigenvalue weighted by Gasteiger charge is 2.11. The first kappa shape index (κ1) is 11.2. The molecule has 1 rings (SSSR count). The molecular weight excluding hydrogens is 295 g/mol. The van der Waals surface area contributed by atoms with Crippen molar-refractivity contribution in [1.82, 2.24) is 0 Å². The van der Waals surface area contributed by atoms with Crippen molar-refractivity contribution in [2.75, 3.05) is 7.11 Å². The average molecular weight is 304 g/mol. The van der Waals surface area contributed by atoms with E-state index in [-0.39, 0.29) is 12.2 Å². The quantitative estimate of drug-likeness (QED) is 0.371. The lowest BCUT2D eigenvalue weighted by atomic mass is 10.1. The van der Waals surface area contributed by atoms with Crippen LogP contribution in [0.1, 0.15) is 16.8 Å². The smallest absolute Gasteiger partial charge is 0.313 e. The minimum Gasteiger partial charge on any atom is -0.469 e. The Hall–Kier alpha value is -0.910. The van der Waals surface area contributed by atoms with Gasteiger partial charge in [0.15, 0.2) is 5.78 Å². The molecule has 0 fully saturated rings. The lowest BCUT2D eigenvalue weighted by Gasteiger charge is -1.99. The number of hydrogen-bond acceptors (Lipinski definition) is 3. The summed E-state index contributed by atoms with van der Waals surface area (Å²) < 4.78 is 5.46. The Balaban J connectivity index is 2.70. The average Bonchev–Trinajstić information content (AvgIpc) is 2.18. The maximum absolute atomic E-state index is 11.4. The van der Waals surface area contributed by atoms with Crippen molar-refractivity contribution >= 4 is 34.3 Å². The Bertz CT molecular complexity index is 343. The molecule has 0 saturated heterocycles. The Morgan fingerprint density at radius 1 is 1.29 bits per heavy atom. The summed E-state index contributed by atoms with van der Waals surface area (Å²) in [6, 6.07) is 7.05. The number of ether oxygens (including phenoxy) is 1. The highest BCUT2D eigenvalue weighted by atomic mass is 127. The summed E-state index contributed by atoms with van der Waals surface area (Å²) in [5.74, 6) is -0.721. The number of carbonyl (C=O) groups is 2. The summed E-state index contributed by atoms with van der Waals surface area (Å²) in [7, 11) is 1.27. The number of carbonyl (C=O) groups excluding carboxylic acids is 2. The predicted octanol–water partition coefficient (Wildman–Crippen LogP) is 2.04. The first-order valence-electron chi connectivity index (χ1n) is 3.99. The summed E-state index contributed by atoms with van der Waals surface area (Å²) in [6.45, 7) is 0. The Morgan fingerprint density at radius 2 is 1.86 bits per heavy atom. The Kier molecular flexibility index (Phi) is 4.06. The van der Waals surface area contributed by atoms with E-state index in [0.717, 1.165) is 3.57 Å². The first-order chi connectivity index (χ1) is 6.63. The summed E-state index contributed by atoms with van der Waals surface area (Å²) in [6.07, 6.45) is -0.197. The van der Waals surface area contributed by atoms with Gasteiger partial charge in [0, 0.05) is 9.13 Å². The van der Waals surface area contributed by atoms with Crippen LogP contribution in [0.25, 0.3) is 0 Å². The molecule has 0 aromatic heterocycles. The third kappa shape index (κ3) is 3.10. The summed E-state index contributed by atoms with van der Waals surface area (Å²) in [4.78, 5) is 22.2. The third-order valence-electron chi connectivity index (χ3n) is 1.70. The van der Waals surface area contributed by atoms with Crippen molar-refractivity contribution < 1.29 is 14.3 Å². The zero-order valence-corrected chi connectivity index (χ0v) is 9.78. The van der Waals surface area contributed by atoms with E-state index in [4.69, 9.17) is 0 Å². The number of Topliss-reactive ketones (excluding diaryl/α,β-unsaturated/α-hetero) is 1. The highest BCUT2D eigenvalue weighted by Crippen LogP contribution is 2.08. The molecule has 1 aromatic carbocycles. The van der Waals surface area contributed by atoms with Crippen LogP contribution in [0.3, 0.4) is 0 Å². The van der Waals surface area contributed by atoms with E-state index in [2.05, 4.69) is 27.3 Å². The van der Waals surface area contributed by atoms with Crippen LogP contribution in [0.15, 0.2) is 24.3 Å². The molecule has 0 radical (unpaired) electrons. The van der Waals surface area contributed by atoms with Gasteiger partial charge in [-0.25, -0.2) is 0 Å². The molecule has 0 unspecified atom stereocenters. The molecule has 14 heavy (non-hydrogen) atoms. The normalized spacial score (nSPS) is 9.57. The molecule has 0 aliphatic carbocycles. The molecule has 0 aliphatic heterocycles. The number of esters is 1. The van der Waals surface area contributed by atoms with Crippen molar-refractivity contribution in [2.24, 2.45) is 0 Å². The molecule has 0 aliphatic rings. The first-order valence-corrected chi connectivity index (χ1v) is 5.07. The van der Waals surface area contributed by atoms with Gasteiger partial charge in [0.1, 0.15) is 6.42 Å². The fourth-order valence-electron chi connectivity index (χ4n) is 0.941. The van der Waals surface area contributed by atoms with Crippen molar-refractivity contribution in [3.8, 4) is 0 Å². The second-order valence-electron chi connectivity index (χ2n) is 2.68. The zero-order valence-electron chi connectivity index (χ0n) is 7.62. The molecule has 0 amide bonds. The molecule has 0 bridgehead atoms. The van der Waals surface area contributed by atoms with Gasteiger partial charge >= 0.3 is 5.97 Å². The second kappa shape index (κ2) is 5.09. The molecule has 0 saturated carbocycles. The monoisotopic (exact) mass is 304 g/mol.